The van der Waals surface area contributed by atoms with E-state index >= 15 is 0 Å². The van der Waals surface area contributed by atoms with Crippen molar-refractivity contribution in [2.45, 2.75) is 6.92 Å². The number of aliphatic imine (C=N–C) groups is 1. The lowest BCUT2D eigenvalue weighted by molar-refractivity contribution is -0.113. The van der Waals surface area contributed by atoms with E-state index in [1.807, 2.05) is 24.3 Å². The molecule has 1 aromatic rings. The number of amidine groups is 1. The van der Waals surface area contributed by atoms with Gasteiger partial charge in [0, 0.05) is 26.2 Å². The number of rotatable bonds is 1. The largest absolute Gasteiger partial charge is 0.348 e. The Morgan fingerprint density at radius 3 is 2.62 bits per heavy atom. The molecule has 0 saturated carbocycles. The molecule has 2 aliphatic heterocycles. The highest BCUT2D eigenvalue weighted by Crippen LogP contribution is 2.31. The third kappa shape index (κ3) is 3.19. The van der Waals surface area contributed by atoms with Crippen LogP contribution in [0.2, 0.25) is 0 Å². The number of nitrogens with zero attached hydrogens (tertiary/aromatic N) is 3. The van der Waals surface area contributed by atoms with Gasteiger partial charge in [-0.05, 0) is 42.9 Å². The van der Waals surface area contributed by atoms with E-state index in [-0.39, 0.29) is 5.91 Å². The van der Waals surface area contributed by atoms with E-state index in [2.05, 4.69) is 34.8 Å². The van der Waals surface area contributed by atoms with Gasteiger partial charge in [0.15, 0.2) is 5.17 Å². The third-order valence-electron chi connectivity index (χ3n) is 3.86. The van der Waals surface area contributed by atoms with Crippen molar-refractivity contribution in [1.82, 2.24) is 9.80 Å². The van der Waals surface area contributed by atoms with Gasteiger partial charge in [0.05, 0.1) is 4.91 Å². The molecule has 0 spiro atoms. The number of hydrogen-bond donors (Lipinski definition) is 0. The van der Waals surface area contributed by atoms with Crippen molar-refractivity contribution in [2.75, 3.05) is 33.2 Å². The maximum atomic E-state index is 12.1. The summed E-state index contributed by atoms with van der Waals surface area (Å²) in [5, 5.41) is 0.855. The second kappa shape index (κ2) is 6.03. The molecule has 0 unspecified atom stereocenters. The van der Waals surface area contributed by atoms with Crippen LogP contribution in [0.5, 0.6) is 0 Å². The summed E-state index contributed by atoms with van der Waals surface area (Å²) >= 11 is 1.50. The smallest absolute Gasteiger partial charge is 0.286 e. The number of benzene rings is 1. The minimum Gasteiger partial charge on any atom is -0.348 e. The first-order valence-electron chi connectivity index (χ1n) is 7.15. The van der Waals surface area contributed by atoms with Gasteiger partial charge in [0.1, 0.15) is 0 Å². The fraction of sp³-hybridized carbons (Fsp3) is 0.375. The van der Waals surface area contributed by atoms with Crippen molar-refractivity contribution in [3.8, 4) is 0 Å². The van der Waals surface area contributed by atoms with E-state index in [9.17, 15) is 4.79 Å². The van der Waals surface area contributed by atoms with Gasteiger partial charge in [-0.3, -0.25) is 4.79 Å². The lowest BCUT2D eigenvalue weighted by Crippen LogP contribution is -2.46. The van der Waals surface area contributed by atoms with E-state index in [1.165, 1.54) is 17.3 Å². The first kappa shape index (κ1) is 14.4. The first-order valence-corrected chi connectivity index (χ1v) is 7.97. The molecule has 0 aromatic heterocycles. The maximum absolute atomic E-state index is 12.1. The lowest BCUT2D eigenvalue weighted by atomic mass is 10.1. The molecule has 110 valence electrons. The molecular weight excluding hydrogens is 282 g/mol. The zero-order chi connectivity index (χ0) is 14.8. The summed E-state index contributed by atoms with van der Waals surface area (Å²) in [4.78, 5) is 21.5. The monoisotopic (exact) mass is 301 g/mol. The molecule has 1 aromatic carbocycles. The zero-order valence-corrected chi connectivity index (χ0v) is 13.2. The Labute approximate surface area is 129 Å². The lowest BCUT2D eigenvalue weighted by Gasteiger charge is -2.32. The van der Waals surface area contributed by atoms with Crippen molar-refractivity contribution in [3.05, 3.63) is 40.3 Å². The number of aryl methyl sites for hydroxylation is 1. The summed E-state index contributed by atoms with van der Waals surface area (Å²) in [6.07, 6.45) is 1.95. The molecule has 1 amide bonds. The van der Waals surface area contributed by atoms with E-state index in [0.29, 0.717) is 0 Å². The first-order chi connectivity index (χ1) is 10.1. The number of likely N-dealkylation sites (N-methyl/N-ethyl adjacent to an activating group) is 1. The van der Waals surface area contributed by atoms with Gasteiger partial charge in [-0.2, -0.15) is 4.99 Å². The van der Waals surface area contributed by atoms with Crippen LogP contribution in [0.25, 0.3) is 6.08 Å². The minimum absolute atomic E-state index is 0.114. The minimum atomic E-state index is -0.114. The van der Waals surface area contributed by atoms with E-state index < -0.39 is 0 Å². The highest BCUT2D eigenvalue weighted by atomic mass is 32.2. The van der Waals surface area contributed by atoms with Crippen LogP contribution >= 0.6 is 11.8 Å². The van der Waals surface area contributed by atoms with Crippen molar-refractivity contribution in [1.29, 1.82) is 0 Å². The SMILES string of the molecule is Cc1ccccc1/C=C1/SC(N2CCN(C)CC2)=NC1=O. The Balaban J connectivity index is 1.74. The van der Waals surface area contributed by atoms with Gasteiger partial charge < -0.3 is 9.80 Å². The van der Waals surface area contributed by atoms with Crippen LogP contribution in [0.4, 0.5) is 0 Å². The molecule has 3 rings (SSSR count). The summed E-state index contributed by atoms with van der Waals surface area (Å²) in [5.74, 6) is -0.114. The number of thioether (sulfide) groups is 1. The molecule has 21 heavy (non-hydrogen) atoms. The van der Waals surface area contributed by atoms with Gasteiger partial charge in [-0.15, -0.1) is 0 Å². The van der Waals surface area contributed by atoms with Gasteiger partial charge in [-0.25, -0.2) is 0 Å². The van der Waals surface area contributed by atoms with Crippen molar-refractivity contribution < 1.29 is 4.79 Å². The summed E-state index contributed by atoms with van der Waals surface area (Å²) in [7, 11) is 2.12. The molecule has 0 aliphatic carbocycles. The van der Waals surface area contributed by atoms with Crippen LogP contribution in [0.15, 0.2) is 34.2 Å². The van der Waals surface area contributed by atoms with Crippen molar-refractivity contribution in [3.63, 3.8) is 0 Å². The average molecular weight is 301 g/mol. The van der Waals surface area contributed by atoms with E-state index in [4.69, 9.17) is 0 Å². The van der Waals surface area contributed by atoms with Crippen molar-refractivity contribution >= 4 is 28.9 Å². The Morgan fingerprint density at radius 1 is 1.19 bits per heavy atom. The summed E-state index contributed by atoms with van der Waals surface area (Å²) in [6.45, 7) is 5.97. The second-order valence-corrected chi connectivity index (χ2v) is 6.47. The molecule has 0 bridgehead atoms. The number of amides is 1. The highest BCUT2D eigenvalue weighted by Gasteiger charge is 2.27. The number of carbonyl (C=O) groups is 1. The molecule has 4 nitrogen and oxygen atoms in total. The summed E-state index contributed by atoms with van der Waals surface area (Å²) < 4.78 is 0. The second-order valence-electron chi connectivity index (χ2n) is 5.46. The predicted molar refractivity (Wildman–Crippen MR) is 88.3 cm³/mol. The molecule has 1 saturated heterocycles. The highest BCUT2D eigenvalue weighted by molar-refractivity contribution is 8.18. The summed E-state index contributed by atoms with van der Waals surface area (Å²) in [6, 6.07) is 8.08. The zero-order valence-electron chi connectivity index (χ0n) is 12.4. The maximum Gasteiger partial charge on any atom is 0.286 e. The summed E-state index contributed by atoms with van der Waals surface area (Å²) in [5.41, 5.74) is 2.26. The van der Waals surface area contributed by atoms with Crippen LogP contribution in [0.3, 0.4) is 0 Å². The van der Waals surface area contributed by atoms with Crippen LogP contribution in [-0.2, 0) is 4.79 Å². The van der Waals surface area contributed by atoms with Gasteiger partial charge in [0.25, 0.3) is 5.91 Å². The number of carbonyl (C=O) groups excluding carboxylic acids is 1. The standard InChI is InChI=1S/C16H19N3OS/c1-12-5-3-4-6-13(12)11-14-15(20)17-16(21-14)19-9-7-18(2)8-10-19/h3-6,11H,7-10H2,1-2H3/b14-11+. The Kier molecular flexibility index (Phi) is 4.12. The fourth-order valence-electron chi connectivity index (χ4n) is 2.42. The molecule has 1 fully saturated rings. The van der Waals surface area contributed by atoms with Crippen LogP contribution in [0.1, 0.15) is 11.1 Å². The van der Waals surface area contributed by atoms with Crippen molar-refractivity contribution in [2.24, 2.45) is 4.99 Å². The molecular formula is C16H19N3OS. The topological polar surface area (TPSA) is 35.9 Å². The normalized spacial score (nSPS) is 22.0. The predicted octanol–water partition coefficient (Wildman–Crippen LogP) is 2.21. The molecule has 2 aliphatic rings. The Bertz CT molecular complexity index is 616. The molecule has 5 heteroatoms. The number of piperazine rings is 1. The van der Waals surface area contributed by atoms with Crippen LogP contribution < -0.4 is 0 Å². The Morgan fingerprint density at radius 2 is 1.90 bits per heavy atom. The van der Waals surface area contributed by atoms with E-state index in [0.717, 1.165) is 41.8 Å². The van der Waals surface area contributed by atoms with E-state index in [1.54, 1.807) is 0 Å². The van der Waals surface area contributed by atoms with Crippen LogP contribution in [-0.4, -0.2) is 54.1 Å². The fourth-order valence-corrected chi connectivity index (χ4v) is 3.38. The average Bonchev–Trinajstić information content (AvgIpc) is 2.83. The quantitative estimate of drug-likeness (QED) is 0.745. The molecule has 0 N–H and O–H groups in total. The van der Waals surface area contributed by atoms with Gasteiger partial charge >= 0.3 is 0 Å². The third-order valence-corrected chi connectivity index (χ3v) is 4.90. The van der Waals surface area contributed by atoms with Gasteiger partial charge in [0.2, 0.25) is 0 Å². The van der Waals surface area contributed by atoms with Gasteiger partial charge in [-0.1, -0.05) is 24.3 Å². The number of hydrogen-bond acceptors (Lipinski definition) is 4. The van der Waals surface area contributed by atoms with Crippen LogP contribution in [0, 0.1) is 6.92 Å². The molecule has 0 atom stereocenters. The Hall–Kier alpha value is -1.59. The molecule has 2 heterocycles. The molecule has 0 radical (unpaired) electrons.